The molecule has 1 aliphatic heterocycles. The second kappa shape index (κ2) is 6.64. The third-order valence-electron chi connectivity index (χ3n) is 4.18. The number of nitrogens with zero attached hydrogens (tertiary/aromatic N) is 5. The van der Waals surface area contributed by atoms with Gasteiger partial charge in [0.15, 0.2) is 0 Å². The first kappa shape index (κ1) is 14.6. The maximum absolute atomic E-state index is 5.61. The molecule has 6 nitrogen and oxygen atoms in total. The molecule has 1 atom stereocenters. The van der Waals surface area contributed by atoms with Crippen molar-refractivity contribution >= 4 is 11.3 Å². The number of hydrogen-bond donors (Lipinski definition) is 0. The summed E-state index contributed by atoms with van der Waals surface area (Å²) in [4.78, 5) is 12.2. The minimum absolute atomic E-state index is 0.620. The summed E-state index contributed by atoms with van der Waals surface area (Å²) in [6.45, 7) is 3.98. The van der Waals surface area contributed by atoms with Crippen molar-refractivity contribution in [1.82, 2.24) is 24.6 Å². The van der Waals surface area contributed by atoms with Crippen molar-refractivity contribution in [1.29, 1.82) is 0 Å². The Balaban J connectivity index is 1.37. The highest BCUT2D eigenvalue weighted by molar-refractivity contribution is 7.13. The normalized spacial score (nSPS) is 19.2. The molecule has 1 aliphatic rings. The summed E-state index contributed by atoms with van der Waals surface area (Å²) in [6, 6.07) is 4.05. The third kappa shape index (κ3) is 3.51. The molecule has 0 spiro atoms. The average Bonchev–Trinajstić information content (AvgIpc) is 3.30. The molecule has 4 rings (SSSR count). The van der Waals surface area contributed by atoms with Gasteiger partial charge >= 0.3 is 0 Å². The fraction of sp³-hybridized carbons (Fsp3) is 0.438. The molecule has 120 valence electrons. The van der Waals surface area contributed by atoms with Crippen LogP contribution in [0.2, 0.25) is 0 Å². The lowest BCUT2D eigenvalue weighted by Crippen LogP contribution is -2.36. The zero-order chi connectivity index (χ0) is 15.5. The van der Waals surface area contributed by atoms with Gasteiger partial charge in [0.05, 0.1) is 10.6 Å². The molecule has 7 heteroatoms. The molecule has 0 aromatic carbocycles. The highest BCUT2D eigenvalue weighted by atomic mass is 32.1. The highest BCUT2D eigenvalue weighted by Crippen LogP contribution is 2.25. The maximum Gasteiger partial charge on any atom is 0.236 e. The molecular formula is C16H19N5OS. The van der Waals surface area contributed by atoms with Crippen LogP contribution in [-0.2, 0) is 13.1 Å². The molecule has 3 aromatic heterocycles. The molecule has 0 N–H and O–H groups in total. The maximum atomic E-state index is 5.61. The Morgan fingerprint density at radius 3 is 3.22 bits per heavy atom. The van der Waals surface area contributed by atoms with Crippen LogP contribution in [0.15, 0.2) is 40.8 Å². The van der Waals surface area contributed by atoms with Crippen molar-refractivity contribution in [3.8, 4) is 10.8 Å². The first-order chi connectivity index (χ1) is 11.4. The second-order valence-corrected chi connectivity index (χ2v) is 6.93. The SMILES string of the molecule is c1csc(-c2nc(CN3CCCC(Cn4cncn4)C3)co2)c1. The second-order valence-electron chi connectivity index (χ2n) is 5.98. The van der Waals surface area contributed by atoms with E-state index in [2.05, 4.69) is 20.0 Å². The molecule has 4 heterocycles. The molecule has 1 unspecified atom stereocenters. The largest absolute Gasteiger partial charge is 0.444 e. The summed E-state index contributed by atoms with van der Waals surface area (Å²) >= 11 is 1.65. The van der Waals surface area contributed by atoms with E-state index >= 15 is 0 Å². The minimum Gasteiger partial charge on any atom is -0.444 e. The van der Waals surface area contributed by atoms with Crippen molar-refractivity contribution in [2.24, 2.45) is 5.92 Å². The molecule has 3 aromatic rings. The van der Waals surface area contributed by atoms with E-state index in [-0.39, 0.29) is 0 Å². The van der Waals surface area contributed by atoms with Gasteiger partial charge in [0.25, 0.3) is 0 Å². The fourth-order valence-corrected chi connectivity index (χ4v) is 3.81. The summed E-state index contributed by atoms with van der Waals surface area (Å²) in [5.41, 5.74) is 1.01. The quantitative estimate of drug-likeness (QED) is 0.720. The molecule has 1 fully saturated rings. The number of thiophene rings is 1. The molecule has 0 saturated carbocycles. The Labute approximate surface area is 138 Å². The molecule has 0 aliphatic carbocycles. The first-order valence-corrected chi connectivity index (χ1v) is 8.78. The summed E-state index contributed by atoms with van der Waals surface area (Å²) in [6.07, 6.45) is 7.65. The van der Waals surface area contributed by atoms with Crippen LogP contribution in [-0.4, -0.2) is 37.7 Å². The lowest BCUT2D eigenvalue weighted by atomic mass is 9.98. The molecule has 0 amide bonds. The number of piperidine rings is 1. The van der Waals surface area contributed by atoms with Crippen LogP contribution in [0.1, 0.15) is 18.5 Å². The lowest BCUT2D eigenvalue weighted by molar-refractivity contribution is 0.151. The number of oxazole rings is 1. The van der Waals surface area contributed by atoms with Crippen LogP contribution in [0.4, 0.5) is 0 Å². The number of hydrogen-bond acceptors (Lipinski definition) is 6. The summed E-state index contributed by atoms with van der Waals surface area (Å²) in [7, 11) is 0. The Morgan fingerprint density at radius 1 is 1.39 bits per heavy atom. The Kier molecular flexibility index (Phi) is 4.21. The van der Waals surface area contributed by atoms with Gasteiger partial charge in [-0.2, -0.15) is 5.10 Å². The molecule has 23 heavy (non-hydrogen) atoms. The average molecular weight is 329 g/mol. The van der Waals surface area contributed by atoms with Gasteiger partial charge in [0, 0.05) is 19.6 Å². The fourth-order valence-electron chi connectivity index (χ4n) is 3.16. The lowest BCUT2D eigenvalue weighted by Gasteiger charge is -2.31. The van der Waals surface area contributed by atoms with Crippen LogP contribution in [0.3, 0.4) is 0 Å². The number of likely N-dealkylation sites (tertiary alicyclic amines) is 1. The van der Waals surface area contributed by atoms with Gasteiger partial charge in [-0.15, -0.1) is 11.3 Å². The molecule has 0 bridgehead atoms. The van der Waals surface area contributed by atoms with E-state index in [1.54, 1.807) is 30.3 Å². The number of rotatable bonds is 5. The predicted molar refractivity (Wildman–Crippen MR) is 87.8 cm³/mol. The van der Waals surface area contributed by atoms with E-state index in [0.29, 0.717) is 5.92 Å². The topological polar surface area (TPSA) is 60.0 Å². The van der Waals surface area contributed by atoms with Crippen molar-refractivity contribution in [2.45, 2.75) is 25.9 Å². The van der Waals surface area contributed by atoms with Crippen molar-refractivity contribution in [3.63, 3.8) is 0 Å². The van der Waals surface area contributed by atoms with E-state index < -0.39 is 0 Å². The monoisotopic (exact) mass is 329 g/mol. The Bertz CT molecular complexity index is 722. The third-order valence-corrected chi connectivity index (χ3v) is 5.04. The van der Waals surface area contributed by atoms with E-state index in [4.69, 9.17) is 4.42 Å². The Morgan fingerprint density at radius 2 is 2.39 bits per heavy atom. The smallest absolute Gasteiger partial charge is 0.236 e. The van der Waals surface area contributed by atoms with E-state index in [0.717, 1.165) is 42.6 Å². The minimum atomic E-state index is 0.620. The summed E-state index contributed by atoms with van der Waals surface area (Å²) < 4.78 is 7.54. The van der Waals surface area contributed by atoms with Gasteiger partial charge in [-0.25, -0.2) is 9.97 Å². The van der Waals surface area contributed by atoms with Gasteiger partial charge < -0.3 is 4.42 Å². The van der Waals surface area contributed by atoms with Crippen LogP contribution < -0.4 is 0 Å². The van der Waals surface area contributed by atoms with Crippen molar-refractivity contribution < 1.29 is 4.42 Å². The van der Waals surface area contributed by atoms with Gasteiger partial charge in [-0.3, -0.25) is 9.58 Å². The molecule has 1 saturated heterocycles. The van der Waals surface area contributed by atoms with E-state index in [1.165, 1.54) is 12.8 Å². The standard InChI is InChI=1S/C16H19N5OS/c1-3-13(8-21-12-17-11-18-21)7-20(5-1)9-14-10-22-16(19-14)15-4-2-6-23-15/h2,4,6,10-13H,1,3,5,7-9H2. The van der Waals surface area contributed by atoms with Crippen LogP contribution in [0, 0.1) is 5.92 Å². The van der Waals surface area contributed by atoms with Gasteiger partial charge in [-0.1, -0.05) is 6.07 Å². The number of aromatic nitrogens is 4. The van der Waals surface area contributed by atoms with Crippen LogP contribution >= 0.6 is 11.3 Å². The van der Waals surface area contributed by atoms with E-state index in [9.17, 15) is 0 Å². The van der Waals surface area contributed by atoms with Gasteiger partial charge in [-0.05, 0) is 36.8 Å². The van der Waals surface area contributed by atoms with Crippen molar-refractivity contribution in [2.75, 3.05) is 13.1 Å². The Hall–Kier alpha value is -1.99. The highest BCUT2D eigenvalue weighted by Gasteiger charge is 2.21. The first-order valence-electron chi connectivity index (χ1n) is 7.90. The van der Waals surface area contributed by atoms with Crippen LogP contribution in [0.5, 0.6) is 0 Å². The van der Waals surface area contributed by atoms with E-state index in [1.807, 2.05) is 22.2 Å². The summed E-state index contributed by atoms with van der Waals surface area (Å²) in [5.74, 6) is 1.35. The van der Waals surface area contributed by atoms with Gasteiger partial charge in [0.2, 0.25) is 5.89 Å². The molecular weight excluding hydrogens is 310 g/mol. The zero-order valence-corrected chi connectivity index (χ0v) is 13.7. The van der Waals surface area contributed by atoms with Crippen molar-refractivity contribution in [3.05, 3.63) is 42.1 Å². The zero-order valence-electron chi connectivity index (χ0n) is 12.8. The molecule has 0 radical (unpaired) electrons. The van der Waals surface area contributed by atoms with Gasteiger partial charge in [0.1, 0.15) is 18.9 Å². The van der Waals surface area contributed by atoms with Crippen LogP contribution in [0.25, 0.3) is 10.8 Å². The summed E-state index contributed by atoms with van der Waals surface area (Å²) in [5, 5.41) is 6.25. The predicted octanol–water partition coefficient (Wildman–Crippen LogP) is 2.91.